The van der Waals surface area contributed by atoms with Gasteiger partial charge < -0.3 is 5.11 Å². The summed E-state index contributed by atoms with van der Waals surface area (Å²) < 4.78 is 14.5. The Morgan fingerprint density at radius 1 is 1.43 bits per heavy atom. The monoisotopic (exact) mass is 195 g/mol. The van der Waals surface area contributed by atoms with Crippen LogP contribution < -0.4 is 0 Å². The van der Waals surface area contributed by atoms with Gasteiger partial charge in [-0.05, 0) is 12.5 Å². The highest BCUT2D eigenvalue weighted by Crippen LogP contribution is 2.07. The largest absolute Gasteiger partial charge is 0.396 e. The number of rotatable bonds is 3. The lowest BCUT2D eigenvalue weighted by atomic mass is 10.3. The van der Waals surface area contributed by atoms with Gasteiger partial charge in [0.15, 0.2) is 5.65 Å². The van der Waals surface area contributed by atoms with Crippen molar-refractivity contribution in [2.24, 2.45) is 0 Å². The normalized spacial score (nSPS) is 11.0. The molecular weight excluding hydrogens is 185 g/mol. The zero-order valence-corrected chi connectivity index (χ0v) is 7.52. The second-order valence-electron chi connectivity index (χ2n) is 3.02. The number of pyridine rings is 1. The average molecular weight is 195 g/mol. The number of aliphatic hydroxyl groups is 1. The minimum Gasteiger partial charge on any atom is -0.396 e. The van der Waals surface area contributed by atoms with E-state index in [1.807, 2.05) is 0 Å². The minimum atomic E-state index is -0.321. The molecule has 74 valence electrons. The van der Waals surface area contributed by atoms with Gasteiger partial charge in [-0.3, -0.25) is 4.40 Å². The summed E-state index contributed by atoms with van der Waals surface area (Å²) in [6, 6.07) is 2.69. The molecule has 0 radical (unpaired) electrons. The van der Waals surface area contributed by atoms with Crippen molar-refractivity contribution in [3.05, 3.63) is 30.0 Å². The first kappa shape index (κ1) is 9.08. The summed E-state index contributed by atoms with van der Waals surface area (Å²) in [5.41, 5.74) is 0.498. The summed E-state index contributed by atoms with van der Waals surface area (Å²) in [5.74, 6) is 0.424. The maximum absolute atomic E-state index is 12.8. The standard InChI is InChI=1S/C9H10FN3O/c10-7-3-4-13-8(2-1-5-14)11-12-9(13)6-7/h3-4,6,14H,1-2,5H2. The molecule has 0 amide bonds. The molecule has 0 atom stereocenters. The van der Waals surface area contributed by atoms with Crippen LogP contribution in [0.15, 0.2) is 18.3 Å². The number of aromatic nitrogens is 3. The number of aryl methyl sites for hydroxylation is 1. The van der Waals surface area contributed by atoms with Crippen LogP contribution in [0.2, 0.25) is 0 Å². The van der Waals surface area contributed by atoms with E-state index in [4.69, 9.17) is 5.11 Å². The molecular formula is C9H10FN3O. The summed E-state index contributed by atoms with van der Waals surface area (Å²) in [6.45, 7) is 0.121. The number of aliphatic hydroxyl groups excluding tert-OH is 1. The van der Waals surface area contributed by atoms with Crippen LogP contribution in [0.4, 0.5) is 4.39 Å². The predicted octanol–water partition coefficient (Wildman–Crippen LogP) is 0.793. The topological polar surface area (TPSA) is 50.4 Å². The average Bonchev–Trinajstić information content (AvgIpc) is 2.57. The van der Waals surface area contributed by atoms with Gasteiger partial charge in [-0.1, -0.05) is 0 Å². The van der Waals surface area contributed by atoms with E-state index >= 15 is 0 Å². The van der Waals surface area contributed by atoms with Crippen LogP contribution >= 0.6 is 0 Å². The van der Waals surface area contributed by atoms with Gasteiger partial charge in [-0.2, -0.15) is 0 Å². The van der Waals surface area contributed by atoms with Crippen molar-refractivity contribution in [2.45, 2.75) is 12.8 Å². The molecule has 0 aliphatic rings. The fourth-order valence-corrected chi connectivity index (χ4v) is 1.32. The van der Waals surface area contributed by atoms with Crippen molar-refractivity contribution >= 4 is 5.65 Å². The van der Waals surface area contributed by atoms with Crippen molar-refractivity contribution in [3.8, 4) is 0 Å². The van der Waals surface area contributed by atoms with Gasteiger partial charge in [-0.15, -0.1) is 10.2 Å². The smallest absolute Gasteiger partial charge is 0.163 e. The molecule has 2 aromatic heterocycles. The lowest BCUT2D eigenvalue weighted by Crippen LogP contribution is -1.96. The molecule has 5 heteroatoms. The molecule has 0 aliphatic heterocycles. The quantitative estimate of drug-likeness (QED) is 0.787. The molecule has 0 unspecified atom stereocenters. The molecule has 1 N–H and O–H groups in total. The Labute approximate surface area is 80.0 Å². The van der Waals surface area contributed by atoms with Crippen LogP contribution in [0.3, 0.4) is 0 Å². The first-order chi connectivity index (χ1) is 6.81. The van der Waals surface area contributed by atoms with E-state index in [1.165, 1.54) is 12.1 Å². The first-order valence-corrected chi connectivity index (χ1v) is 4.41. The summed E-state index contributed by atoms with van der Waals surface area (Å²) in [5, 5.41) is 16.4. The number of nitrogens with zero attached hydrogens (tertiary/aromatic N) is 3. The predicted molar refractivity (Wildman–Crippen MR) is 48.4 cm³/mol. The van der Waals surface area contributed by atoms with E-state index in [2.05, 4.69) is 10.2 Å². The zero-order valence-electron chi connectivity index (χ0n) is 7.52. The second-order valence-corrected chi connectivity index (χ2v) is 3.02. The molecule has 2 aromatic rings. The fourth-order valence-electron chi connectivity index (χ4n) is 1.32. The van der Waals surface area contributed by atoms with E-state index in [1.54, 1.807) is 10.6 Å². The summed E-state index contributed by atoms with van der Waals surface area (Å²) >= 11 is 0. The SMILES string of the molecule is OCCCc1nnc2cc(F)ccn12. The molecule has 2 heterocycles. The molecule has 0 bridgehead atoms. The highest BCUT2D eigenvalue weighted by atomic mass is 19.1. The Bertz CT molecular complexity index is 441. The summed E-state index contributed by atoms with van der Waals surface area (Å²) in [6.07, 6.45) is 2.87. The van der Waals surface area contributed by atoms with Crippen LogP contribution in [0.25, 0.3) is 5.65 Å². The number of hydrogen-bond donors (Lipinski definition) is 1. The maximum Gasteiger partial charge on any atom is 0.163 e. The minimum absolute atomic E-state index is 0.121. The lowest BCUT2D eigenvalue weighted by Gasteiger charge is -1.97. The maximum atomic E-state index is 12.8. The molecule has 0 aliphatic carbocycles. The van der Waals surface area contributed by atoms with Crippen molar-refractivity contribution in [3.63, 3.8) is 0 Å². The van der Waals surface area contributed by atoms with E-state index in [9.17, 15) is 4.39 Å². The summed E-state index contributed by atoms with van der Waals surface area (Å²) in [4.78, 5) is 0. The van der Waals surface area contributed by atoms with Gasteiger partial charge in [0.25, 0.3) is 0 Å². The van der Waals surface area contributed by atoms with Crippen LogP contribution in [-0.2, 0) is 6.42 Å². The summed E-state index contributed by atoms with van der Waals surface area (Å²) in [7, 11) is 0. The second kappa shape index (κ2) is 3.71. The van der Waals surface area contributed by atoms with Crippen molar-refractivity contribution in [1.29, 1.82) is 0 Å². The van der Waals surface area contributed by atoms with Crippen LogP contribution in [0, 0.1) is 5.82 Å². The molecule has 0 saturated carbocycles. The molecule has 14 heavy (non-hydrogen) atoms. The molecule has 0 saturated heterocycles. The van der Waals surface area contributed by atoms with Crippen molar-refractivity contribution in [2.75, 3.05) is 6.61 Å². The van der Waals surface area contributed by atoms with Crippen LogP contribution in [-0.4, -0.2) is 26.3 Å². The third-order valence-corrected chi connectivity index (χ3v) is 2.00. The zero-order chi connectivity index (χ0) is 9.97. The highest BCUT2D eigenvalue weighted by Gasteiger charge is 2.04. The Balaban J connectivity index is 2.37. The Hall–Kier alpha value is -1.49. The fraction of sp³-hybridized carbons (Fsp3) is 0.333. The van der Waals surface area contributed by atoms with Crippen LogP contribution in [0.1, 0.15) is 12.2 Å². The van der Waals surface area contributed by atoms with E-state index in [0.717, 1.165) is 5.82 Å². The molecule has 0 aromatic carbocycles. The first-order valence-electron chi connectivity index (χ1n) is 4.41. The third-order valence-electron chi connectivity index (χ3n) is 2.00. The van der Waals surface area contributed by atoms with Crippen LogP contribution in [0.5, 0.6) is 0 Å². The van der Waals surface area contributed by atoms with Gasteiger partial charge >= 0.3 is 0 Å². The molecule has 0 fully saturated rings. The van der Waals surface area contributed by atoms with E-state index in [0.29, 0.717) is 18.5 Å². The Kier molecular flexibility index (Phi) is 2.41. The van der Waals surface area contributed by atoms with Gasteiger partial charge in [0, 0.05) is 25.3 Å². The van der Waals surface area contributed by atoms with Gasteiger partial charge in [0.2, 0.25) is 0 Å². The number of hydrogen-bond acceptors (Lipinski definition) is 3. The van der Waals surface area contributed by atoms with E-state index < -0.39 is 0 Å². The highest BCUT2D eigenvalue weighted by molar-refractivity contribution is 5.37. The third kappa shape index (κ3) is 1.58. The lowest BCUT2D eigenvalue weighted by molar-refractivity contribution is 0.287. The van der Waals surface area contributed by atoms with Gasteiger partial charge in [-0.25, -0.2) is 4.39 Å². The van der Waals surface area contributed by atoms with Gasteiger partial charge in [0.1, 0.15) is 11.6 Å². The van der Waals surface area contributed by atoms with E-state index in [-0.39, 0.29) is 12.4 Å². The van der Waals surface area contributed by atoms with Gasteiger partial charge in [0.05, 0.1) is 0 Å². The van der Waals surface area contributed by atoms with Crippen molar-refractivity contribution in [1.82, 2.24) is 14.6 Å². The van der Waals surface area contributed by atoms with Crippen molar-refractivity contribution < 1.29 is 9.50 Å². The molecule has 0 spiro atoms. The Morgan fingerprint density at radius 2 is 2.29 bits per heavy atom. The number of fused-ring (bicyclic) bond motifs is 1. The Morgan fingerprint density at radius 3 is 3.07 bits per heavy atom. The number of halogens is 1. The molecule has 2 rings (SSSR count). The molecule has 4 nitrogen and oxygen atoms in total.